The number of ether oxygens (including phenoxy) is 1. The molecule has 1 heterocycles. The molecule has 0 aliphatic rings. The zero-order chi connectivity index (χ0) is 10.4. The predicted molar refractivity (Wildman–Crippen MR) is 55.5 cm³/mol. The molecule has 4 nitrogen and oxygen atoms in total. The Kier molecular flexibility index (Phi) is 4.89. The smallest absolute Gasteiger partial charge is 0.293 e. The highest BCUT2D eigenvalue weighted by Crippen LogP contribution is 2.22. The maximum Gasteiger partial charge on any atom is 0.293 e. The summed E-state index contributed by atoms with van der Waals surface area (Å²) in [5.74, 6) is 0. The third-order valence-corrected chi connectivity index (χ3v) is 2.60. The summed E-state index contributed by atoms with van der Waals surface area (Å²) in [5.41, 5.74) is 0. The summed E-state index contributed by atoms with van der Waals surface area (Å²) < 4.78 is 9.20. The van der Waals surface area contributed by atoms with Gasteiger partial charge in [-0.05, 0) is 31.5 Å². The lowest BCUT2D eigenvalue weighted by Crippen LogP contribution is -1.95. The van der Waals surface area contributed by atoms with Crippen molar-refractivity contribution < 1.29 is 9.53 Å². The fraction of sp³-hybridized carbons (Fsp3) is 0.500. The number of rotatable bonds is 5. The molecule has 1 rings (SSSR count). The molecule has 1 aromatic heterocycles. The second kappa shape index (κ2) is 5.98. The van der Waals surface area contributed by atoms with Gasteiger partial charge in [0, 0.05) is 18.5 Å². The van der Waals surface area contributed by atoms with E-state index in [0.29, 0.717) is 23.4 Å². The maximum absolute atomic E-state index is 10.7. The van der Waals surface area contributed by atoms with Crippen LogP contribution in [0.15, 0.2) is 5.16 Å². The van der Waals surface area contributed by atoms with Crippen LogP contribution < -0.4 is 4.74 Å². The van der Waals surface area contributed by atoms with Gasteiger partial charge in [-0.1, -0.05) is 0 Å². The van der Waals surface area contributed by atoms with E-state index in [1.165, 1.54) is 6.92 Å². The Hall–Kier alpha value is -0.620. The Labute approximate surface area is 91.2 Å². The van der Waals surface area contributed by atoms with Crippen molar-refractivity contribution in [3.8, 4) is 5.19 Å². The van der Waals surface area contributed by atoms with Crippen molar-refractivity contribution in [2.75, 3.05) is 6.61 Å². The zero-order valence-electron chi connectivity index (χ0n) is 7.73. The second-order valence-electron chi connectivity index (χ2n) is 2.43. The largest absolute Gasteiger partial charge is 0.469 e. The number of hydrogen-bond donors (Lipinski definition) is 0. The molecule has 0 spiro atoms. The van der Waals surface area contributed by atoms with E-state index in [2.05, 4.69) is 9.36 Å². The van der Waals surface area contributed by atoms with Gasteiger partial charge in [0.1, 0.15) is 0 Å². The average molecular weight is 230 g/mol. The lowest BCUT2D eigenvalue weighted by atomic mass is 10.4. The van der Waals surface area contributed by atoms with Crippen molar-refractivity contribution in [3.05, 3.63) is 6.92 Å². The minimum atomic E-state index is -0.0312. The van der Waals surface area contributed by atoms with Crippen LogP contribution in [0.25, 0.3) is 0 Å². The fourth-order valence-corrected chi connectivity index (χ4v) is 1.83. The molecule has 0 amide bonds. The SMILES string of the molecule is [CH]CCCOc1nc(SC(C)=O)ns1. The van der Waals surface area contributed by atoms with Gasteiger partial charge in [-0.25, -0.2) is 0 Å². The van der Waals surface area contributed by atoms with Crippen LogP contribution in [-0.2, 0) is 4.79 Å². The molecule has 76 valence electrons. The number of thioether (sulfide) groups is 1. The van der Waals surface area contributed by atoms with Gasteiger partial charge in [0.15, 0.2) is 5.12 Å². The topological polar surface area (TPSA) is 52.1 Å². The highest BCUT2D eigenvalue weighted by Gasteiger charge is 2.07. The van der Waals surface area contributed by atoms with Crippen molar-refractivity contribution in [1.82, 2.24) is 9.36 Å². The first kappa shape index (κ1) is 11.5. The molecule has 0 bridgehead atoms. The molecule has 0 aromatic carbocycles. The van der Waals surface area contributed by atoms with Crippen LogP contribution >= 0.6 is 23.3 Å². The van der Waals surface area contributed by atoms with Gasteiger partial charge in [0.2, 0.25) is 5.16 Å². The lowest BCUT2D eigenvalue weighted by molar-refractivity contribution is -0.109. The molecule has 6 heteroatoms. The van der Waals surface area contributed by atoms with Crippen LogP contribution in [0.5, 0.6) is 5.19 Å². The molecular formula is C8H10N2O2S2. The molecule has 0 unspecified atom stereocenters. The van der Waals surface area contributed by atoms with Crippen LogP contribution in [0, 0.1) is 6.92 Å². The molecule has 1 aromatic rings. The lowest BCUT2D eigenvalue weighted by Gasteiger charge is -1.97. The maximum atomic E-state index is 10.7. The first-order chi connectivity index (χ1) is 6.72. The summed E-state index contributed by atoms with van der Waals surface area (Å²) in [6.07, 6.45) is 1.38. The average Bonchev–Trinajstić information content (AvgIpc) is 2.52. The summed E-state index contributed by atoms with van der Waals surface area (Å²) >= 11 is 2.15. The standard InChI is InChI=1S/C8H10N2O2S2/c1-3-4-5-12-8-9-7(10-14-8)13-6(2)11/h1H,3-5H2,2H3. The van der Waals surface area contributed by atoms with Gasteiger partial charge in [-0.15, -0.1) is 0 Å². The molecule has 14 heavy (non-hydrogen) atoms. The summed E-state index contributed by atoms with van der Waals surface area (Å²) in [7, 11) is 0. The van der Waals surface area contributed by atoms with E-state index in [-0.39, 0.29) is 5.12 Å². The number of nitrogens with zero attached hydrogens (tertiary/aromatic N) is 2. The van der Waals surface area contributed by atoms with E-state index in [0.717, 1.165) is 29.7 Å². The molecule has 2 radical (unpaired) electrons. The third kappa shape index (κ3) is 4.06. The predicted octanol–water partition coefficient (Wildman–Crippen LogP) is 2.05. The molecule has 0 atom stereocenters. The van der Waals surface area contributed by atoms with E-state index in [1.807, 2.05) is 0 Å². The highest BCUT2D eigenvalue weighted by atomic mass is 32.2. The van der Waals surface area contributed by atoms with Crippen LogP contribution in [0.1, 0.15) is 19.8 Å². The van der Waals surface area contributed by atoms with Crippen LogP contribution in [-0.4, -0.2) is 21.1 Å². The normalized spacial score (nSPS) is 10.1. The Morgan fingerprint density at radius 1 is 1.71 bits per heavy atom. The summed E-state index contributed by atoms with van der Waals surface area (Å²) in [4.78, 5) is 14.7. The number of hydrogen-bond acceptors (Lipinski definition) is 6. The molecule has 0 aliphatic heterocycles. The van der Waals surface area contributed by atoms with Gasteiger partial charge in [0.25, 0.3) is 5.19 Å². The van der Waals surface area contributed by atoms with Gasteiger partial charge in [-0.2, -0.15) is 9.36 Å². The molecular weight excluding hydrogens is 220 g/mol. The summed E-state index contributed by atoms with van der Waals surface area (Å²) in [6, 6.07) is 0. The Balaban J connectivity index is 2.38. The second-order valence-corrected chi connectivity index (χ2v) is 4.29. The van der Waals surface area contributed by atoms with Crippen molar-refractivity contribution in [3.63, 3.8) is 0 Å². The van der Waals surface area contributed by atoms with Crippen LogP contribution in [0.2, 0.25) is 0 Å². The van der Waals surface area contributed by atoms with E-state index in [9.17, 15) is 4.79 Å². The monoisotopic (exact) mass is 230 g/mol. The Morgan fingerprint density at radius 2 is 2.50 bits per heavy atom. The van der Waals surface area contributed by atoms with E-state index in [4.69, 9.17) is 11.7 Å². The molecule has 0 saturated carbocycles. The van der Waals surface area contributed by atoms with Gasteiger partial charge in [0.05, 0.1) is 6.61 Å². The van der Waals surface area contributed by atoms with E-state index < -0.39 is 0 Å². The highest BCUT2D eigenvalue weighted by molar-refractivity contribution is 8.13. The molecule has 0 saturated heterocycles. The Morgan fingerprint density at radius 3 is 3.14 bits per heavy atom. The third-order valence-electron chi connectivity index (χ3n) is 1.20. The van der Waals surface area contributed by atoms with Crippen molar-refractivity contribution in [2.24, 2.45) is 0 Å². The quantitative estimate of drug-likeness (QED) is 0.572. The minimum absolute atomic E-state index is 0.0312. The minimum Gasteiger partial charge on any atom is -0.469 e. The van der Waals surface area contributed by atoms with E-state index >= 15 is 0 Å². The van der Waals surface area contributed by atoms with Crippen molar-refractivity contribution in [2.45, 2.75) is 24.9 Å². The number of aromatic nitrogens is 2. The van der Waals surface area contributed by atoms with Crippen LogP contribution in [0.3, 0.4) is 0 Å². The van der Waals surface area contributed by atoms with Crippen molar-refractivity contribution in [1.29, 1.82) is 0 Å². The van der Waals surface area contributed by atoms with Crippen LogP contribution in [0.4, 0.5) is 0 Å². The number of carbonyl (C=O) groups is 1. The first-order valence-electron chi connectivity index (χ1n) is 4.07. The van der Waals surface area contributed by atoms with E-state index in [1.54, 1.807) is 0 Å². The molecule has 0 aliphatic carbocycles. The zero-order valence-corrected chi connectivity index (χ0v) is 9.36. The summed E-state index contributed by atoms with van der Waals surface area (Å²) in [6.45, 7) is 7.31. The number of unbranched alkanes of at least 4 members (excludes halogenated alkanes) is 1. The first-order valence-corrected chi connectivity index (χ1v) is 5.66. The molecule has 0 fully saturated rings. The van der Waals surface area contributed by atoms with Gasteiger partial charge < -0.3 is 4.74 Å². The number of carbonyl (C=O) groups excluding carboxylic acids is 1. The Bertz CT molecular complexity index is 301. The fourth-order valence-electron chi connectivity index (χ4n) is 0.668. The van der Waals surface area contributed by atoms with Gasteiger partial charge >= 0.3 is 0 Å². The van der Waals surface area contributed by atoms with Crippen molar-refractivity contribution >= 4 is 28.4 Å². The van der Waals surface area contributed by atoms with Gasteiger partial charge in [-0.3, -0.25) is 4.79 Å². The molecule has 0 N–H and O–H groups in total. The summed E-state index contributed by atoms with van der Waals surface area (Å²) in [5, 5.41) is 0.906.